The van der Waals surface area contributed by atoms with E-state index >= 15 is 0 Å². The normalized spacial score (nSPS) is 13.9. The summed E-state index contributed by atoms with van der Waals surface area (Å²) in [5.41, 5.74) is 0.768. The van der Waals surface area contributed by atoms with Crippen LogP contribution in [-0.2, 0) is 0 Å². The van der Waals surface area contributed by atoms with Gasteiger partial charge in [-0.2, -0.15) is 0 Å². The highest BCUT2D eigenvalue weighted by atomic mass is 35.6. The predicted molar refractivity (Wildman–Crippen MR) is 68.7 cm³/mol. The summed E-state index contributed by atoms with van der Waals surface area (Å²) in [6.07, 6.45) is 0.243. The molecule has 1 aromatic heterocycles. The first-order chi connectivity index (χ1) is 7.91. The maximum atomic E-state index is 9.94. The molecule has 0 amide bonds. The fraction of sp³-hybridized carbons (Fsp3) is 0.182. The second-order valence-corrected chi connectivity index (χ2v) is 5.89. The molecule has 0 aliphatic carbocycles. The van der Waals surface area contributed by atoms with Gasteiger partial charge in [-0.1, -0.05) is 46.9 Å². The molecule has 1 atom stereocenters. The number of pyridine rings is 1. The predicted octanol–water partition coefficient (Wildman–Crippen LogP) is 3.34. The summed E-state index contributed by atoms with van der Waals surface area (Å²) >= 11 is 17.0. The minimum Gasteiger partial charge on any atom is -0.506 e. The van der Waals surface area contributed by atoms with Crippen molar-refractivity contribution in [3.63, 3.8) is 0 Å². The molecule has 1 heterocycles. The molecular weight excluding hydrogens is 284 g/mol. The molecule has 0 aliphatic heterocycles. The Kier molecular flexibility index (Phi) is 3.36. The maximum absolute atomic E-state index is 9.94. The molecule has 0 fully saturated rings. The number of halogens is 3. The fourth-order valence-corrected chi connectivity index (χ4v) is 1.95. The minimum absolute atomic E-state index is 0.0147. The largest absolute Gasteiger partial charge is 0.506 e. The smallest absolute Gasteiger partial charge is 0.220 e. The second-order valence-electron chi connectivity index (χ2n) is 3.52. The van der Waals surface area contributed by atoms with Crippen LogP contribution in [0, 0.1) is 0 Å². The van der Waals surface area contributed by atoms with Gasteiger partial charge < -0.3 is 10.2 Å². The SMILES string of the molecule is Oc1ccc(C(O)C(Cl)(Cl)Cl)c2cccnc12. The molecule has 2 aromatic rings. The third-order valence-corrected chi connectivity index (χ3v) is 3.01. The number of aromatic nitrogens is 1. The highest BCUT2D eigenvalue weighted by Crippen LogP contribution is 2.42. The van der Waals surface area contributed by atoms with Gasteiger partial charge in [-0.05, 0) is 17.7 Å². The molecule has 0 saturated heterocycles. The number of hydrogen-bond acceptors (Lipinski definition) is 3. The summed E-state index contributed by atoms with van der Waals surface area (Å²) in [6.45, 7) is 0. The summed E-state index contributed by atoms with van der Waals surface area (Å²) < 4.78 is -1.83. The zero-order valence-electron chi connectivity index (χ0n) is 8.44. The molecule has 0 spiro atoms. The number of rotatable bonds is 1. The van der Waals surface area contributed by atoms with Crippen LogP contribution in [0.4, 0.5) is 0 Å². The molecule has 90 valence electrons. The molecule has 0 radical (unpaired) electrons. The fourth-order valence-electron chi connectivity index (χ4n) is 1.59. The van der Waals surface area contributed by atoms with Crippen molar-refractivity contribution in [3.05, 3.63) is 36.0 Å². The Morgan fingerprint density at radius 3 is 2.53 bits per heavy atom. The Balaban J connectivity index is 2.67. The number of aliphatic hydroxyl groups excluding tert-OH is 1. The number of benzene rings is 1. The first-order valence-electron chi connectivity index (χ1n) is 4.72. The first kappa shape index (κ1) is 12.7. The van der Waals surface area contributed by atoms with Crippen LogP contribution < -0.4 is 0 Å². The summed E-state index contributed by atoms with van der Waals surface area (Å²) in [5.74, 6) is 0.0147. The minimum atomic E-state index is -1.83. The van der Waals surface area contributed by atoms with Crippen LogP contribution >= 0.6 is 34.8 Å². The summed E-state index contributed by atoms with van der Waals surface area (Å²) in [5, 5.41) is 20.1. The number of aliphatic hydroxyl groups is 1. The van der Waals surface area contributed by atoms with E-state index in [4.69, 9.17) is 34.8 Å². The third-order valence-electron chi connectivity index (χ3n) is 2.39. The van der Waals surface area contributed by atoms with Crippen LogP contribution in [0.2, 0.25) is 0 Å². The van der Waals surface area contributed by atoms with E-state index < -0.39 is 9.90 Å². The van der Waals surface area contributed by atoms with Crippen LogP contribution in [0.25, 0.3) is 10.9 Å². The van der Waals surface area contributed by atoms with Gasteiger partial charge in [-0.15, -0.1) is 0 Å². The molecule has 1 unspecified atom stereocenters. The average Bonchev–Trinajstić information content (AvgIpc) is 2.28. The van der Waals surface area contributed by atoms with Gasteiger partial charge in [-0.25, -0.2) is 0 Å². The van der Waals surface area contributed by atoms with Crippen molar-refractivity contribution in [2.75, 3.05) is 0 Å². The van der Waals surface area contributed by atoms with Gasteiger partial charge in [0.1, 0.15) is 17.4 Å². The summed E-state index contributed by atoms with van der Waals surface area (Å²) in [4.78, 5) is 4.02. The summed E-state index contributed by atoms with van der Waals surface area (Å²) in [6, 6.07) is 6.28. The van der Waals surface area contributed by atoms with Crippen molar-refractivity contribution >= 4 is 45.7 Å². The van der Waals surface area contributed by atoms with Gasteiger partial charge >= 0.3 is 0 Å². The van der Waals surface area contributed by atoms with E-state index in [2.05, 4.69) is 4.98 Å². The Bertz CT molecular complexity index is 554. The number of hydrogen-bond donors (Lipinski definition) is 2. The lowest BCUT2D eigenvalue weighted by Crippen LogP contribution is -2.16. The monoisotopic (exact) mass is 291 g/mol. The van der Waals surface area contributed by atoms with Gasteiger partial charge in [-0.3, -0.25) is 4.98 Å². The van der Waals surface area contributed by atoms with E-state index in [-0.39, 0.29) is 5.75 Å². The quantitative estimate of drug-likeness (QED) is 0.793. The van der Waals surface area contributed by atoms with E-state index in [1.165, 1.54) is 18.3 Å². The maximum Gasteiger partial charge on any atom is 0.220 e. The Hall–Kier alpha value is -0.740. The average molecular weight is 293 g/mol. The molecule has 3 nitrogen and oxygen atoms in total. The number of alkyl halides is 3. The lowest BCUT2D eigenvalue weighted by Gasteiger charge is -2.20. The molecule has 2 rings (SSSR count). The molecule has 0 saturated carbocycles. The molecule has 0 aliphatic rings. The second kappa shape index (κ2) is 4.50. The van der Waals surface area contributed by atoms with Crippen LogP contribution in [0.3, 0.4) is 0 Å². The number of nitrogens with zero attached hydrogens (tertiary/aromatic N) is 1. The molecule has 1 aromatic carbocycles. The number of phenols is 1. The highest BCUT2D eigenvalue weighted by Gasteiger charge is 2.33. The first-order valence-corrected chi connectivity index (χ1v) is 5.86. The Morgan fingerprint density at radius 1 is 1.18 bits per heavy atom. The number of aromatic hydroxyl groups is 1. The van der Waals surface area contributed by atoms with Crippen molar-refractivity contribution in [1.29, 1.82) is 0 Å². The van der Waals surface area contributed by atoms with E-state index in [0.717, 1.165) is 0 Å². The Labute approximate surface area is 113 Å². The van der Waals surface area contributed by atoms with Crippen molar-refractivity contribution in [1.82, 2.24) is 4.98 Å². The van der Waals surface area contributed by atoms with Crippen molar-refractivity contribution in [3.8, 4) is 5.75 Å². The highest BCUT2D eigenvalue weighted by molar-refractivity contribution is 6.68. The Morgan fingerprint density at radius 2 is 1.88 bits per heavy atom. The van der Waals surface area contributed by atoms with E-state index in [9.17, 15) is 10.2 Å². The van der Waals surface area contributed by atoms with Crippen LogP contribution in [0.15, 0.2) is 30.5 Å². The van der Waals surface area contributed by atoms with Crippen LogP contribution in [0.1, 0.15) is 11.7 Å². The van der Waals surface area contributed by atoms with Crippen LogP contribution in [-0.4, -0.2) is 19.0 Å². The van der Waals surface area contributed by atoms with Gasteiger partial charge in [0.05, 0.1) is 0 Å². The third kappa shape index (κ3) is 2.43. The van der Waals surface area contributed by atoms with Crippen molar-refractivity contribution < 1.29 is 10.2 Å². The van der Waals surface area contributed by atoms with Gasteiger partial charge in [0.2, 0.25) is 3.79 Å². The van der Waals surface area contributed by atoms with E-state index in [1.807, 2.05) is 0 Å². The van der Waals surface area contributed by atoms with Gasteiger partial charge in [0.15, 0.2) is 0 Å². The van der Waals surface area contributed by atoms with Crippen molar-refractivity contribution in [2.45, 2.75) is 9.90 Å². The zero-order valence-corrected chi connectivity index (χ0v) is 10.7. The van der Waals surface area contributed by atoms with Gasteiger partial charge in [0, 0.05) is 11.6 Å². The zero-order chi connectivity index (χ0) is 12.6. The van der Waals surface area contributed by atoms with E-state index in [1.54, 1.807) is 12.1 Å². The molecule has 2 N–H and O–H groups in total. The standard InChI is InChI=1S/C11H8Cl3NO2/c12-11(13,14)10(17)7-3-4-8(16)9-6(7)2-1-5-15-9/h1-5,10,16-17H. The number of fused-ring (bicyclic) bond motifs is 1. The molecule has 17 heavy (non-hydrogen) atoms. The van der Waals surface area contributed by atoms with Crippen LogP contribution in [0.5, 0.6) is 5.75 Å². The lowest BCUT2D eigenvalue weighted by molar-refractivity contribution is 0.184. The summed E-state index contributed by atoms with van der Waals surface area (Å²) in [7, 11) is 0. The van der Waals surface area contributed by atoms with Crippen molar-refractivity contribution in [2.24, 2.45) is 0 Å². The topological polar surface area (TPSA) is 53.4 Å². The van der Waals surface area contributed by atoms with Gasteiger partial charge in [0.25, 0.3) is 0 Å². The molecule has 0 bridgehead atoms. The lowest BCUT2D eigenvalue weighted by atomic mass is 10.0. The molecular formula is C11H8Cl3NO2. The molecule has 6 heteroatoms. The van der Waals surface area contributed by atoms with E-state index in [0.29, 0.717) is 16.5 Å². The number of phenolic OH excluding ortho intramolecular Hbond substituents is 1.